The van der Waals surface area contributed by atoms with E-state index in [1.165, 1.54) is 12.8 Å². The fraction of sp³-hybridized carbons (Fsp3) is 0.611. The number of carbonyl (C=O) groups is 1. The molecular formula is C18H30O2Zn. The molecule has 21 heavy (non-hydrogen) atoms. The Bertz CT molecular complexity index is 306. The van der Waals surface area contributed by atoms with Crippen LogP contribution in [0.1, 0.15) is 71.1 Å². The van der Waals surface area contributed by atoms with Crippen molar-refractivity contribution in [1.82, 2.24) is 0 Å². The van der Waals surface area contributed by atoms with Crippen molar-refractivity contribution in [1.29, 1.82) is 0 Å². The largest absolute Gasteiger partial charge is 0.481 e. The van der Waals surface area contributed by atoms with E-state index < -0.39 is 5.97 Å². The maximum absolute atomic E-state index is 10.3. The van der Waals surface area contributed by atoms with E-state index in [-0.39, 0.29) is 19.5 Å². The van der Waals surface area contributed by atoms with Crippen molar-refractivity contribution in [3.05, 3.63) is 36.5 Å². The van der Waals surface area contributed by atoms with Crippen LogP contribution in [-0.2, 0) is 24.3 Å². The number of aliphatic carboxylic acids is 1. The predicted octanol–water partition coefficient (Wildman–Crippen LogP) is 5.66. The van der Waals surface area contributed by atoms with E-state index in [2.05, 4.69) is 43.4 Å². The van der Waals surface area contributed by atoms with Gasteiger partial charge >= 0.3 is 5.97 Å². The Labute approximate surface area is 143 Å². The average molecular weight is 344 g/mol. The van der Waals surface area contributed by atoms with E-state index >= 15 is 0 Å². The second-order valence-corrected chi connectivity index (χ2v) is 4.99. The Morgan fingerprint density at radius 1 is 0.810 bits per heavy atom. The van der Waals surface area contributed by atoms with E-state index in [1.807, 2.05) is 0 Å². The van der Waals surface area contributed by atoms with Crippen LogP contribution in [-0.4, -0.2) is 11.1 Å². The van der Waals surface area contributed by atoms with Crippen molar-refractivity contribution < 1.29 is 29.4 Å². The van der Waals surface area contributed by atoms with Crippen LogP contribution < -0.4 is 0 Å². The number of carboxylic acids is 1. The molecular weight excluding hydrogens is 314 g/mol. The first-order valence-electron chi connectivity index (χ1n) is 7.94. The van der Waals surface area contributed by atoms with Gasteiger partial charge < -0.3 is 5.11 Å². The maximum atomic E-state index is 10.3. The standard InChI is InChI=1S/C18H30O2.Zn/c1-2-3-4-5-6-7-8-9-10-11-12-13-14-15-16-17-18(19)20;/h3-4,6-7,9-10H,2,5,8,11-17H2,1H3,(H,19,20);/b4-3-,7-6-,10-9-;. The number of carboxylic acid groups (broad SMARTS) is 1. The summed E-state index contributed by atoms with van der Waals surface area (Å²) in [7, 11) is 0. The number of unbranched alkanes of at least 4 members (excludes halogenated alkanes) is 5. The molecule has 116 valence electrons. The Balaban J connectivity index is 0. The minimum Gasteiger partial charge on any atom is -0.481 e. The first-order valence-corrected chi connectivity index (χ1v) is 7.94. The number of hydrogen-bond acceptors (Lipinski definition) is 1. The van der Waals surface area contributed by atoms with Crippen LogP contribution >= 0.6 is 0 Å². The molecule has 0 aliphatic heterocycles. The fourth-order valence-corrected chi connectivity index (χ4v) is 1.90. The fourth-order valence-electron chi connectivity index (χ4n) is 1.90. The van der Waals surface area contributed by atoms with Crippen LogP contribution in [0.15, 0.2) is 36.5 Å². The Kier molecular flexibility index (Phi) is 20.8. The summed E-state index contributed by atoms with van der Waals surface area (Å²) in [6, 6.07) is 0. The van der Waals surface area contributed by atoms with E-state index in [0.717, 1.165) is 44.9 Å². The Morgan fingerprint density at radius 2 is 1.33 bits per heavy atom. The van der Waals surface area contributed by atoms with Gasteiger partial charge in [0.15, 0.2) is 0 Å². The monoisotopic (exact) mass is 342 g/mol. The van der Waals surface area contributed by atoms with E-state index in [0.29, 0.717) is 6.42 Å². The molecule has 0 aromatic heterocycles. The molecule has 0 radical (unpaired) electrons. The third-order valence-electron chi connectivity index (χ3n) is 3.04. The maximum Gasteiger partial charge on any atom is 0.303 e. The van der Waals surface area contributed by atoms with Gasteiger partial charge in [0.2, 0.25) is 0 Å². The third kappa shape index (κ3) is 21.8. The molecule has 0 heterocycles. The smallest absolute Gasteiger partial charge is 0.303 e. The van der Waals surface area contributed by atoms with Crippen molar-refractivity contribution in [2.24, 2.45) is 0 Å². The summed E-state index contributed by atoms with van der Waals surface area (Å²) in [5.41, 5.74) is 0. The van der Waals surface area contributed by atoms with Crippen LogP contribution in [0, 0.1) is 0 Å². The zero-order valence-electron chi connectivity index (χ0n) is 13.6. The number of rotatable bonds is 13. The summed E-state index contributed by atoms with van der Waals surface area (Å²) >= 11 is 0. The van der Waals surface area contributed by atoms with Gasteiger partial charge in [-0.25, -0.2) is 0 Å². The molecule has 0 aromatic rings. The van der Waals surface area contributed by atoms with Crippen LogP contribution in [0.4, 0.5) is 0 Å². The van der Waals surface area contributed by atoms with Gasteiger partial charge in [0.1, 0.15) is 0 Å². The summed E-state index contributed by atoms with van der Waals surface area (Å²) in [6.07, 6.45) is 23.4. The third-order valence-corrected chi connectivity index (χ3v) is 3.04. The molecule has 3 heteroatoms. The van der Waals surface area contributed by atoms with Gasteiger partial charge in [-0.15, -0.1) is 0 Å². The first-order chi connectivity index (χ1) is 9.77. The number of allylic oxidation sites excluding steroid dienone is 6. The molecule has 0 rings (SSSR count). The Morgan fingerprint density at radius 3 is 1.95 bits per heavy atom. The zero-order valence-corrected chi connectivity index (χ0v) is 16.6. The molecule has 0 bridgehead atoms. The quantitative estimate of drug-likeness (QED) is 0.266. The van der Waals surface area contributed by atoms with Crippen LogP contribution in [0.2, 0.25) is 0 Å². The summed E-state index contributed by atoms with van der Waals surface area (Å²) in [6.45, 7) is 2.15. The number of hydrogen-bond donors (Lipinski definition) is 1. The van der Waals surface area contributed by atoms with Gasteiger partial charge in [0.05, 0.1) is 0 Å². The molecule has 0 fully saturated rings. The van der Waals surface area contributed by atoms with Gasteiger partial charge in [0.25, 0.3) is 0 Å². The van der Waals surface area contributed by atoms with E-state index in [9.17, 15) is 4.79 Å². The van der Waals surface area contributed by atoms with E-state index in [4.69, 9.17) is 5.11 Å². The summed E-state index contributed by atoms with van der Waals surface area (Å²) in [5.74, 6) is -0.675. The normalized spacial score (nSPS) is 11.5. The van der Waals surface area contributed by atoms with Gasteiger partial charge in [-0.05, 0) is 38.5 Å². The molecule has 0 saturated carbocycles. The van der Waals surface area contributed by atoms with Crippen molar-refractivity contribution in [3.63, 3.8) is 0 Å². The summed E-state index contributed by atoms with van der Waals surface area (Å²) < 4.78 is 0. The minimum absolute atomic E-state index is 0. The topological polar surface area (TPSA) is 37.3 Å². The molecule has 0 aromatic carbocycles. The van der Waals surface area contributed by atoms with Gasteiger partial charge in [-0.3, -0.25) is 4.79 Å². The molecule has 0 unspecified atom stereocenters. The second kappa shape index (κ2) is 19.3. The van der Waals surface area contributed by atoms with Crippen LogP contribution in [0.3, 0.4) is 0 Å². The van der Waals surface area contributed by atoms with Gasteiger partial charge in [-0.2, -0.15) is 0 Å². The van der Waals surface area contributed by atoms with Crippen molar-refractivity contribution in [3.8, 4) is 0 Å². The molecule has 0 amide bonds. The first kappa shape index (κ1) is 22.6. The molecule has 0 aliphatic rings. The summed E-state index contributed by atoms with van der Waals surface area (Å²) in [5, 5.41) is 8.50. The van der Waals surface area contributed by atoms with Crippen molar-refractivity contribution in [2.45, 2.75) is 71.1 Å². The molecule has 0 aliphatic carbocycles. The van der Waals surface area contributed by atoms with Crippen molar-refractivity contribution in [2.75, 3.05) is 0 Å². The zero-order chi connectivity index (χ0) is 14.9. The van der Waals surface area contributed by atoms with Crippen LogP contribution in [0.5, 0.6) is 0 Å². The summed E-state index contributed by atoms with van der Waals surface area (Å²) in [4.78, 5) is 10.3. The molecule has 0 spiro atoms. The SMILES string of the molecule is CC/C=C\C/C=C\C/C=C\CCCCCCCC(=O)O.[Zn]. The molecule has 0 atom stereocenters. The predicted molar refractivity (Wildman–Crippen MR) is 86.9 cm³/mol. The minimum atomic E-state index is -0.675. The molecule has 0 saturated heterocycles. The molecule has 1 N–H and O–H groups in total. The van der Waals surface area contributed by atoms with Gasteiger partial charge in [0, 0.05) is 25.9 Å². The molecule has 2 nitrogen and oxygen atoms in total. The average Bonchev–Trinajstić information content (AvgIpc) is 2.43. The van der Waals surface area contributed by atoms with Crippen molar-refractivity contribution >= 4 is 5.97 Å². The van der Waals surface area contributed by atoms with Crippen LogP contribution in [0.25, 0.3) is 0 Å². The Hall–Kier alpha value is -0.687. The second-order valence-electron chi connectivity index (χ2n) is 4.99. The van der Waals surface area contributed by atoms with E-state index in [1.54, 1.807) is 0 Å². The van der Waals surface area contributed by atoms with Gasteiger partial charge in [-0.1, -0.05) is 62.6 Å².